The van der Waals surface area contributed by atoms with Gasteiger partial charge in [-0.1, -0.05) is 57.4 Å². The zero-order chi connectivity index (χ0) is 23.8. The fourth-order valence-corrected chi connectivity index (χ4v) is 6.12. The lowest BCUT2D eigenvalue weighted by atomic mass is 9.69. The van der Waals surface area contributed by atoms with Crippen LogP contribution in [-0.4, -0.2) is 35.0 Å². The van der Waals surface area contributed by atoms with Gasteiger partial charge in [0.1, 0.15) is 6.79 Å². The van der Waals surface area contributed by atoms with Crippen molar-refractivity contribution in [3.05, 3.63) is 42.5 Å². The number of benzene rings is 1. The van der Waals surface area contributed by atoms with Crippen molar-refractivity contribution < 1.29 is 22.1 Å². The Morgan fingerprint density at radius 2 is 1.88 bits per heavy atom. The summed E-state index contributed by atoms with van der Waals surface area (Å²) < 4.78 is 42.6. The largest absolute Gasteiger partial charge is 0.359 e. The Balaban J connectivity index is 2.21. The molecule has 1 saturated carbocycles. The van der Waals surface area contributed by atoms with Gasteiger partial charge in [-0.3, -0.25) is 4.18 Å². The summed E-state index contributed by atoms with van der Waals surface area (Å²) in [7, 11) is -2.16. The molecule has 6 heteroatoms. The van der Waals surface area contributed by atoms with Crippen molar-refractivity contribution in [2.75, 3.05) is 20.5 Å². The average molecular weight is 467 g/mol. The van der Waals surface area contributed by atoms with Crippen LogP contribution in [0.15, 0.2) is 41.8 Å². The molecule has 0 spiro atoms. The average Bonchev–Trinajstić information content (AvgIpc) is 3.05. The molecule has 2 rings (SSSR count). The Bertz CT molecular complexity index is 802. The molecule has 1 aliphatic rings. The molecular formula is C26H42O5S. The van der Waals surface area contributed by atoms with Gasteiger partial charge in [0.25, 0.3) is 10.1 Å². The van der Waals surface area contributed by atoms with Crippen LogP contribution < -0.4 is 0 Å². The Morgan fingerprint density at radius 1 is 1.19 bits per heavy atom. The van der Waals surface area contributed by atoms with Gasteiger partial charge in [0, 0.05) is 12.5 Å². The Kier molecular flexibility index (Phi) is 10.4. The molecule has 1 aromatic carbocycles. The van der Waals surface area contributed by atoms with E-state index in [0.29, 0.717) is 11.8 Å². The molecule has 1 aromatic rings. The zero-order valence-corrected chi connectivity index (χ0v) is 21.3. The molecule has 0 bridgehead atoms. The number of ether oxygens (including phenoxy) is 2. The van der Waals surface area contributed by atoms with Crippen LogP contribution in [-0.2, 0) is 23.8 Å². The highest BCUT2D eigenvalue weighted by atomic mass is 32.2. The van der Waals surface area contributed by atoms with E-state index in [9.17, 15) is 8.42 Å². The molecule has 0 aliphatic heterocycles. The van der Waals surface area contributed by atoms with E-state index in [0.717, 1.165) is 44.1 Å². The van der Waals surface area contributed by atoms with Crippen LogP contribution in [0.1, 0.15) is 64.9 Å². The second kappa shape index (κ2) is 12.3. The van der Waals surface area contributed by atoms with Gasteiger partial charge in [-0.2, -0.15) is 8.42 Å². The van der Waals surface area contributed by atoms with Gasteiger partial charge < -0.3 is 9.47 Å². The van der Waals surface area contributed by atoms with Gasteiger partial charge in [0.05, 0.1) is 17.6 Å². The first-order valence-electron chi connectivity index (χ1n) is 11.8. The molecule has 0 N–H and O–H groups in total. The van der Waals surface area contributed by atoms with Crippen molar-refractivity contribution in [1.82, 2.24) is 0 Å². The van der Waals surface area contributed by atoms with E-state index in [-0.39, 0.29) is 35.7 Å². The van der Waals surface area contributed by atoms with E-state index in [1.54, 1.807) is 31.4 Å². The zero-order valence-electron chi connectivity index (χ0n) is 20.5. The van der Waals surface area contributed by atoms with Crippen molar-refractivity contribution in [3.8, 4) is 0 Å². The van der Waals surface area contributed by atoms with Crippen LogP contribution in [0, 0.1) is 30.1 Å². The Morgan fingerprint density at radius 3 is 2.47 bits per heavy atom. The third kappa shape index (κ3) is 7.14. The van der Waals surface area contributed by atoms with Gasteiger partial charge in [-0.25, -0.2) is 0 Å². The fourth-order valence-electron chi connectivity index (χ4n) is 5.16. The minimum atomic E-state index is -3.79. The van der Waals surface area contributed by atoms with E-state index in [4.69, 9.17) is 13.7 Å². The highest BCUT2D eigenvalue weighted by Crippen LogP contribution is 2.52. The first-order chi connectivity index (χ1) is 15.1. The molecule has 0 saturated heterocycles. The number of methoxy groups -OCH3 is 1. The SMILES string of the molecule is C=CC[C@@]1(C)C(OCOC)CC[C@@H]1[C@@H](CCCC(C)C)COS(=O)(=O)c1ccc(C)cc1. The van der Waals surface area contributed by atoms with Crippen molar-refractivity contribution in [2.45, 2.75) is 77.2 Å². The van der Waals surface area contributed by atoms with E-state index in [1.165, 1.54) is 0 Å². The predicted molar refractivity (Wildman–Crippen MR) is 129 cm³/mol. The number of allylic oxidation sites excluding steroid dienone is 1. The maximum absolute atomic E-state index is 12.9. The van der Waals surface area contributed by atoms with Crippen molar-refractivity contribution in [2.24, 2.45) is 23.2 Å². The molecule has 0 radical (unpaired) electrons. The first kappa shape index (κ1) is 27.0. The first-order valence-corrected chi connectivity index (χ1v) is 13.2. The summed E-state index contributed by atoms with van der Waals surface area (Å²) in [6.45, 7) is 13.1. The number of hydrogen-bond acceptors (Lipinski definition) is 5. The molecule has 1 unspecified atom stereocenters. The lowest BCUT2D eigenvalue weighted by molar-refractivity contribution is -0.114. The molecule has 0 aromatic heterocycles. The molecule has 1 fully saturated rings. The molecular weight excluding hydrogens is 424 g/mol. The van der Waals surface area contributed by atoms with Gasteiger partial charge in [-0.05, 0) is 62.5 Å². The summed E-state index contributed by atoms with van der Waals surface area (Å²) in [5.41, 5.74) is 0.892. The summed E-state index contributed by atoms with van der Waals surface area (Å²) in [5.74, 6) is 1.05. The van der Waals surface area contributed by atoms with E-state index in [1.807, 2.05) is 13.0 Å². The number of rotatable bonds is 14. The highest BCUT2D eigenvalue weighted by molar-refractivity contribution is 7.86. The van der Waals surface area contributed by atoms with Gasteiger partial charge in [0.2, 0.25) is 0 Å². The molecule has 0 amide bonds. The monoisotopic (exact) mass is 466 g/mol. The van der Waals surface area contributed by atoms with Crippen molar-refractivity contribution >= 4 is 10.1 Å². The maximum Gasteiger partial charge on any atom is 0.296 e. The molecule has 0 heterocycles. The second-order valence-electron chi connectivity index (χ2n) is 9.88. The smallest absolute Gasteiger partial charge is 0.296 e. The van der Waals surface area contributed by atoms with Crippen LogP contribution in [0.2, 0.25) is 0 Å². The summed E-state index contributed by atoms with van der Waals surface area (Å²) in [5, 5.41) is 0. The lowest BCUT2D eigenvalue weighted by Gasteiger charge is -2.40. The van der Waals surface area contributed by atoms with Crippen molar-refractivity contribution in [1.29, 1.82) is 0 Å². The van der Waals surface area contributed by atoms with E-state index >= 15 is 0 Å². The third-order valence-electron chi connectivity index (χ3n) is 6.97. The maximum atomic E-state index is 12.9. The van der Waals surface area contributed by atoms with E-state index < -0.39 is 10.1 Å². The number of hydrogen-bond donors (Lipinski definition) is 0. The van der Waals surface area contributed by atoms with Crippen LogP contribution in [0.3, 0.4) is 0 Å². The molecule has 4 atom stereocenters. The van der Waals surface area contributed by atoms with Crippen LogP contribution >= 0.6 is 0 Å². The van der Waals surface area contributed by atoms with Gasteiger partial charge >= 0.3 is 0 Å². The van der Waals surface area contributed by atoms with E-state index in [2.05, 4.69) is 27.4 Å². The Labute approximate surface area is 195 Å². The topological polar surface area (TPSA) is 61.8 Å². The molecule has 32 heavy (non-hydrogen) atoms. The normalized spacial score (nSPS) is 24.7. The minimum Gasteiger partial charge on any atom is -0.359 e. The van der Waals surface area contributed by atoms with Crippen LogP contribution in [0.5, 0.6) is 0 Å². The number of aryl methyl sites for hydroxylation is 1. The standard InChI is InChI=1S/C26H42O5S/c1-7-17-26(5)24(15-16-25(26)30-19-29-6)22(10-8-9-20(2)3)18-31-32(27,28)23-13-11-21(4)12-14-23/h7,11-14,20,22,24-25H,1,8-10,15-19H2,2-6H3/t22-,24+,25?,26+/m0/s1. The summed E-state index contributed by atoms with van der Waals surface area (Å²) >= 11 is 0. The van der Waals surface area contributed by atoms with Crippen LogP contribution in [0.4, 0.5) is 0 Å². The fraction of sp³-hybridized carbons (Fsp3) is 0.692. The Hall–Kier alpha value is -1.21. The van der Waals surface area contributed by atoms with Gasteiger partial charge in [0.15, 0.2) is 0 Å². The quantitative estimate of drug-likeness (QED) is 0.188. The highest BCUT2D eigenvalue weighted by Gasteiger charge is 2.49. The summed E-state index contributed by atoms with van der Waals surface area (Å²) in [6.07, 6.45) is 7.87. The predicted octanol–water partition coefficient (Wildman–Crippen LogP) is 6.12. The molecule has 1 aliphatic carbocycles. The third-order valence-corrected chi connectivity index (χ3v) is 8.26. The second-order valence-corrected chi connectivity index (χ2v) is 11.5. The minimum absolute atomic E-state index is 0.0618. The van der Waals surface area contributed by atoms with Crippen molar-refractivity contribution in [3.63, 3.8) is 0 Å². The lowest BCUT2D eigenvalue weighted by Crippen LogP contribution is -2.39. The molecule has 182 valence electrons. The van der Waals surface area contributed by atoms with Gasteiger partial charge in [-0.15, -0.1) is 6.58 Å². The summed E-state index contributed by atoms with van der Waals surface area (Å²) in [4.78, 5) is 0.214. The molecule has 5 nitrogen and oxygen atoms in total. The summed E-state index contributed by atoms with van der Waals surface area (Å²) in [6, 6.07) is 6.83. The van der Waals surface area contributed by atoms with Crippen LogP contribution in [0.25, 0.3) is 0 Å².